The molecular weight excluding hydrogens is 196 g/mol. The molecule has 4 nitrogen and oxygen atoms in total. The fraction of sp³-hybridized carbons (Fsp3) is 0.444. The Balaban J connectivity index is 1.82. The minimum absolute atomic E-state index is 0.839. The zero-order valence-corrected chi connectivity index (χ0v) is 8.44. The predicted octanol–water partition coefficient (Wildman–Crippen LogP) is 1.81. The van der Waals surface area contributed by atoms with Crippen LogP contribution < -0.4 is 0 Å². The van der Waals surface area contributed by atoms with Crippen molar-refractivity contribution in [2.45, 2.75) is 19.4 Å². The molecule has 0 amide bonds. The average molecular weight is 206 g/mol. The van der Waals surface area contributed by atoms with E-state index in [4.69, 9.17) is 0 Å². The highest BCUT2D eigenvalue weighted by Crippen LogP contribution is 2.30. The number of nitrogens with zero attached hydrogens (tertiary/aromatic N) is 4. The lowest BCUT2D eigenvalue weighted by Crippen LogP contribution is -1.99. The van der Waals surface area contributed by atoms with Gasteiger partial charge in [-0.2, -0.15) is 0 Å². The predicted molar refractivity (Wildman–Crippen MR) is 53.9 cm³/mol. The summed E-state index contributed by atoms with van der Waals surface area (Å²) in [5, 5.41) is 8.22. The molecule has 1 aliphatic carbocycles. The lowest BCUT2D eigenvalue weighted by Gasteiger charge is -1.93. The topological polar surface area (TPSA) is 43.6 Å². The van der Waals surface area contributed by atoms with Crippen LogP contribution in [0.2, 0.25) is 0 Å². The number of hydrogen-bond donors (Lipinski definition) is 0. The molecule has 72 valence electrons. The first-order chi connectivity index (χ1) is 6.92. The highest BCUT2D eigenvalue weighted by atomic mass is 32.1. The monoisotopic (exact) mass is 206 g/mol. The lowest BCUT2D eigenvalue weighted by molar-refractivity contribution is 0.544. The molecule has 1 saturated carbocycles. The molecule has 0 atom stereocenters. The molecule has 0 aliphatic heterocycles. The third kappa shape index (κ3) is 1.55. The minimum atomic E-state index is 0.839. The normalized spacial score (nSPS) is 16.0. The molecule has 1 aliphatic rings. The Morgan fingerprint density at radius 3 is 3.14 bits per heavy atom. The van der Waals surface area contributed by atoms with E-state index in [0.29, 0.717) is 0 Å². The van der Waals surface area contributed by atoms with Gasteiger partial charge in [-0.25, -0.2) is 0 Å². The lowest BCUT2D eigenvalue weighted by atomic mass is 10.4. The molecule has 0 spiro atoms. The van der Waals surface area contributed by atoms with E-state index in [2.05, 4.69) is 15.3 Å². The molecule has 5 heteroatoms. The summed E-state index contributed by atoms with van der Waals surface area (Å²) >= 11 is 1.60. The molecule has 1 fully saturated rings. The van der Waals surface area contributed by atoms with Crippen molar-refractivity contribution in [3.05, 3.63) is 17.9 Å². The second kappa shape index (κ2) is 3.16. The summed E-state index contributed by atoms with van der Waals surface area (Å²) in [5.74, 6) is 0.839. The first-order valence-electron chi connectivity index (χ1n) is 4.71. The van der Waals surface area contributed by atoms with E-state index in [9.17, 15) is 0 Å². The van der Waals surface area contributed by atoms with E-state index in [-0.39, 0.29) is 0 Å². The highest BCUT2D eigenvalue weighted by Gasteiger charge is 2.22. The zero-order valence-electron chi connectivity index (χ0n) is 7.63. The van der Waals surface area contributed by atoms with Crippen LogP contribution >= 0.6 is 11.3 Å². The molecular formula is C9H10N4S. The molecule has 0 bridgehead atoms. The molecule has 3 rings (SSSR count). The van der Waals surface area contributed by atoms with E-state index in [0.717, 1.165) is 23.0 Å². The van der Waals surface area contributed by atoms with E-state index >= 15 is 0 Å². The SMILES string of the molecule is c1ncc(-c2cn(CC3CC3)nn2)s1. The summed E-state index contributed by atoms with van der Waals surface area (Å²) in [6.07, 6.45) is 6.52. The zero-order chi connectivity index (χ0) is 9.38. The Labute approximate surface area is 85.6 Å². The molecule has 14 heavy (non-hydrogen) atoms. The Hall–Kier alpha value is -1.23. The molecule has 2 aromatic heterocycles. The summed E-state index contributed by atoms with van der Waals surface area (Å²) < 4.78 is 1.94. The quantitative estimate of drug-likeness (QED) is 0.769. The van der Waals surface area contributed by atoms with Crippen LogP contribution in [0.25, 0.3) is 10.6 Å². The first kappa shape index (κ1) is 8.11. The second-order valence-corrected chi connectivity index (χ2v) is 4.52. The van der Waals surface area contributed by atoms with Gasteiger partial charge in [-0.3, -0.25) is 9.67 Å². The number of hydrogen-bond acceptors (Lipinski definition) is 4. The van der Waals surface area contributed by atoms with Gasteiger partial charge in [-0.15, -0.1) is 16.4 Å². The van der Waals surface area contributed by atoms with Crippen molar-refractivity contribution in [2.75, 3.05) is 0 Å². The Bertz CT molecular complexity index is 416. The van der Waals surface area contributed by atoms with Gasteiger partial charge in [0.1, 0.15) is 5.69 Å². The van der Waals surface area contributed by atoms with Crippen LogP contribution in [0, 0.1) is 5.92 Å². The highest BCUT2D eigenvalue weighted by molar-refractivity contribution is 7.13. The molecule has 0 aromatic carbocycles. The van der Waals surface area contributed by atoms with Crippen molar-refractivity contribution in [2.24, 2.45) is 5.92 Å². The second-order valence-electron chi connectivity index (χ2n) is 3.63. The number of rotatable bonds is 3. The van der Waals surface area contributed by atoms with Crippen LogP contribution in [0.5, 0.6) is 0 Å². The van der Waals surface area contributed by atoms with Gasteiger partial charge in [0, 0.05) is 12.7 Å². The number of thiazole rings is 1. The first-order valence-corrected chi connectivity index (χ1v) is 5.59. The van der Waals surface area contributed by atoms with Gasteiger partial charge < -0.3 is 0 Å². The maximum Gasteiger partial charge on any atom is 0.124 e. The van der Waals surface area contributed by atoms with Gasteiger partial charge in [-0.1, -0.05) is 5.21 Å². The summed E-state index contributed by atoms with van der Waals surface area (Å²) in [6.45, 7) is 1.02. The summed E-state index contributed by atoms with van der Waals surface area (Å²) in [7, 11) is 0. The molecule has 2 heterocycles. The smallest absolute Gasteiger partial charge is 0.124 e. The summed E-state index contributed by atoms with van der Waals surface area (Å²) in [5.41, 5.74) is 2.75. The van der Waals surface area contributed by atoms with Crippen LogP contribution in [0.3, 0.4) is 0 Å². The van der Waals surface area contributed by atoms with Gasteiger partial charge >= 0.3 is 0 Å². The van der Waals surface area contributed by atoms with Crippen molar-refractivity contribution < 1.29 is 0 Å². The summed E-state index contributed by atoms with van der Waals surface area (Å²) in [4.78, 5) is 5.11. The van der Waals surface area contributed by atoms with Crippen LogP contribution in [0.1, 0.15) is 12.8 Å². The Morgan fingerprint density at radius 1 is 1.50 bits per heavy atom. The fourth-order valence-electron chi connectivity index (χ4n) is 1.41. The Kier molecular flexibility index (Phi) is 1.83. The van der Waals surface area contributed by atoms with Crippen LogP contribution in [-0.2, 0) is 6.54 Å². The minimum Gasteiger partial charge on any atom is -0.252 e. The standard InChI is InChI=1S/C9H10N4S/c1-2-7(1)4-13-5-8(11-12-13)9-3-10-6-14-9/h3,5-7H,1-2,4H2. The van der Waals surface area contributed by atoms with Crippen LogP contribution in [-0.4, -0.2) is 20.0 Å². The van der Waals surface area contributed by atoms with Crippen molar-refractivity contribution >= 4 is 11.3 Å². The molecule has 0 unspecified atom stereocenters. The van der Waals surface area contributed by atoms with Crippen LogP contribution in [0.4, 0.5) is 0 Å². The van der Waals surface area contributed by atoms with Gasteiger partial charge in [0.25, 0.3) is 0 Å². The van der Waals surface area contributed by atoms with Gasteiger partial charge in [0.05, 0.1) is 16.6 Å². The van der Waals surface area contributed by atoms with Crippen molar-refractivity contribution in [1.29, 1.82) is 0 Å². The van der Waals surface area contributed by atoms with E-state index < -0.39 is 0 Å². The maximum absolute atomic E-state index is 4.12. The maximum atomic E-state index is 4.12. The molecule has 0 radical (unpaired) electrons. The molecule has 2 aromatic rings. The number of aromatic nitrogens is 4. The van der Waals surface area contributed by atoms with Gasteiger partial charge in [0.15, 0.2) is 0 Å². The third-order valence-corrected chi connectivity index (χ3v) is 3.16. The van der Waals surface area contributed by atoms with Crippen molar-refractivity contribution in [1.82, 2.24) is 20.0 Å². The average Bonchev–Trinajstić information content (AvgIpc) is 2.71. The van der Waals surface area contributed by atoms with E-state index in [1.165, 1.54) is 12.8 Å². The van der Waals surface area contributed by atoms with Gasteiger partial charge in [-0.05, 0) is 18.8 Å². The van der Waals surface area contributed by atoms with Crippen LogP contribution in [0.15, 0.2) is 17.9 Å². The molecule has 0 N–H and O–H groups in total. The Morgan fingerprint density at radius 2 is 2.43 bits per heavy atom. The fourth-order valence-corrected chi connectivity index (χ4v) is 1.98. The van der Waals surface area contributed by atoms with E-state index in [1.807, 2.05) is 22.6 Å². The summed E-state index contributed by atoms with van der Waals surface area (Å²) in [6, 6.07) is 0. The van der Waals surface area contributed by atoms with E-state index in [1.54, 1.807) is 11.3 Å². The van der Waals surface area contributed by atoms with Crippen molar-refractivity contribution in [3.63, 3.8) is 0 Å². The van der Waals surface area contributed by atoms with Crippen molar-refractivity contribution in [3.8, 4) is 10.6 Å². The largest absolute Gasteiger partial charge is 0.252 e. The van der Waals surface area contributed by atoms with Gasteiger partial charge in [0.2, 0.25) is 0 Å². The third-order valence-electron chi connectivity index (χ3n) is 2.37. The molecule has 0 saturated heterocycles.